The number of nitrogens with one attached hydrogen (secondary N) is 1. The number of amides is 1. The molecule has 1 aromatic heterocycles. The van der Waals surface area contributed by atoms with Crippen molar-refractivity contribution < 1.29 is 42.8 Å². The predicted molar refractivity (Wildman–Crippen MR) is 143 cm³/mol. The Morgan fingerprint density at radius 1 is 0.917 bits per heavy atom. The Bertz CT molecular complexity index is 879. The molecule has 0 radical (unpaired) electrons. The maximum atomic E-state index is 12.2. The van der Waals surface area contributed by atoms with E-state index in [1.165, 1.54) is 50.5 Å². The standard InChI is InChI=1S/C30H46N2O3.HI/c1-6-7-8-9-10-11-12-13-22-34-28-15-14-26(23-27(28)30(2,3)4)35-24-29(33)31-19-16-25-17-20-32(5)21-18-25;/h14-15,17-18,20-21,23H,6-13,16,19,22,24H2,1-5H3;1H. The molecule has 202 valence electrons. The largest absolute Gasteiger partial charge is 1.00 e. The first kappa shape index (κ1) is 32.2. The zero-order chi connectivity index (χ0) is 25.5. The van der Waals surface area contributed by atoms with Gasteiger partial charge in [0.1, 0.15) is 18.5 Å². The highest BCUT2D eigenvalue weighted by Crippen LogP contribution is 2.34. The van der Waals surface area contributed by atoms with Crippen molar-refractivity contribution in [2.75, 3.05) is 19.8 Å². The van der Waals surface area contributed by atoms with Crippen LogP contribution in [0.15, 0.2) is 42.7 Å². The van der Waals surface area contributed by atoms with Gasteiger partial charge in [0.25, 0.3) is 5.91 Å². The van der Waals surface area contributed by atoms with Gasteiger partial charge in [-0.3, -0.25) is 4.79 Å². The third-order valence-corrected chi connectivity index (χ3v) is 6.17. The summed E-state index contributed by atoms with van der Waals surface area (Å²) >= 11 is 0. The predicted octanol–water partition coefficient (Wildman–Crippen LogP) is 3.07. The molecule has 0 fully saturated rings. The summed E-state index contributed by atoms with van der Waals surface area (Å²) < 4.78 is 14.0. The van der Waals surface area contributed by atoms with Gasteiger partial charge in [-0.05, 0) is 42.0 Å². The molecule has 5 nitrogen and oxygen atoms in total. The number of hydrogen-bond donors (Lipinski definition) is 1. The third kappa shape index (κ3) is 12.9. The van der Waals surface area contributed by atoms with Gasteiger partial charge < -0.3 is 38.8 Å². The number of rotatable bonds is 16. The highest BCUT2D eigenvalue weighted by Gasteiger charge is 2.20. The van der Waals surface area contributed by atoms with Crippen molar-refractivity contribution in [1.82, 2.24) is 5.32 Å². The van der Waals surface area contributed by atoms with Gasteiger partial charge in [-0.25, -0.2) is 4.57 Å². The third-order valence-electron chi connectivity index (χ3n) is 6.17. The molecule has 1 aromatic carbocycles. The molecule has 0 saturated heterocycles. The summed E-state index contributed by atoms with van der Waals surface area (Å²) in [5, 5.41) is 2.94. The molecule has 1 N–H and O–H groups in total. The quantitative estimate of drug-likeness (QED) is 0.181. The molecule has 2 rings (SSSR count). The minimum Gasteiger partial charge on any atom is -1.00 e. The molecule has 2 aromatic rings. The minimum absolute atomic E-state index is 0. The van der Waals surface area contributed by atoms with Gasteiger partial charge in [-0.15, -0.1) is 0 Å². The number of benzene rings is 1. The van der Waals surface area contributed by atoms with Gasteiger partial charge >= 0.3 is 0 Å². The number of aryl methyl sites for hydroxylation is 1. The average Bonchev–Trinajstić information content (AvgIpc) is 2.82. The number of carbonyl (C=O) groups is 1. The summed E-state index contributed by atoms with van der Waals surface area (Å²) in [6, 6.07) is 10.0. The first-order valence-corrected chi connectivity index (χ1v) is 13.4. The maximum Gasteiger partial charge on any atom is 0.257 e. The Labute approximate surface area is 236 Å². The molecule has 6 heteroatoms. The summed E-state index contributed by atoms with van der Waals surface area (Å²) in [4.78, 5) is 12.2. The molecule has 36 heavy (non-hydrogen) atoms. The number of pyridine rings is 1. The molecule has 0 bridgehead atoms. The average molecular weight is 611 g/mol. The number of unbranched alkanes of at least 4 members (excludes halogenated alkanes) is 7. The first-order chi connectivity index (χ1) is 16.8. The summed E-state index contributed by atoms with van der Waals surface area (Å²) in [5.74, 6) is 1.49. The van der Waals surface area contributed by atoms with Crippen LogP contribution in [-0.4, -0.2) is 25.7 Å². The highest BCUT2D eigenvalue weighted by molar-refractivity contribution is 5.77. The Morgan fingerprint density at radius 3 is 2.19 bits per heavy atom. The minimum atomic E-state index is -0.112. The van der Waals surface area contributed by atoms with E-state index in [0.717, 1.165) is 30.8 Å². The Balaban J connectivity index is 0.00000648. The van der Waals surface area contributed by atoms with Crippen molar-refractivity contribution in [3.63, 3.8) is 0 Å². The first-order valence-electron chi connectivity index (χ1n) is 13.4. The second kappa shape index (κ2) is 17.6. The van der Waals surface area contributed by atoms with E-state index in [4.69, 9.17) is 9.47 Å². The van der Waals surface area contributed by atoms with Crippen LogP contribution in [0.25, 0.3) is 0 Å². The fourth-order valence-corrected chi connectivity index (χ4v) is 3.97. The maximum absolute atomic E-state index is 12.2. The van der Waals surface area contributed by atoms with Crippen molar-refractivity contribution >= 4 is 5.91 Å². The molecule has 0 aliphatic carbocycles. The van der Waals surface area contributed by atoms with E-state index in [0.29, 0.717) is 12.3 Å². The molecule has 0 aliphatic rings. The fourth-order valence-electron chi connectivity index (χ4n) is 3.97. The van der Waals surface area contributed by atoms with Crippen LogP contribution in [0.3, 0.4) is 0 Å². The van der Waals surface area contributed by atoms with E-state index in [2.05, 4.69) is 45.1 Å². The Morgan fingerprint density at radius 2 is 1.56 bits per heavy atom. The second-order valence-electron chi connectivity index (χ2n) is 10.5. The molecule has 1 heterocycles. The fraction of sp³-hybridized carbons (Fsp3) is 0.600. The molecule has 0 atom stereocenters. The van der Waals surface area contributed by atoms with Crippen LogP contribution in [0.5, 0.6) is 11.5 Å². The smallest absolute Gasteiger partial charge is 0.257 e. The van der Waals surface area contributed by atoms with Crippen LogP contribution in [-0.2, 0) is 23.7 Å². The van der Waals surface area contributed by atoms with Crippen molar-refractivity contribution in [2.24, 2.45) is 7.05 Å². The highest BCUT2D eigenvalue weighted by atomic mass is 127. The summed E-state index contributed by atoms with van der Waals surface area (Å²) in [6.07, 6.45) is 15.1. The van der Waals surface area contributed by atoms with E-state index in [9.17, 15) is 4.79 Å². The SMILES string of the molecule is CCCCCCCCCCOc1ccc(OCC(=O)NCCc2cc[n+](C)cc2)cc1C(C)(C)C.[I-]. The van der Waals surface area contributed by atoms with Crippen molar-refractivity contribution in [1.29, 1.82) is 0 Å². The molecule has 1 amide bonds. The number of aromatic nitrogens is 1. The van der Waals surface area contributed by atoms with Crippen molar-refractivity contribution in [3.05, 3.63) is 53.9 Å². The number of halogens is 1. The number of carbonyl (C=O) groups excluding carboxylic acids is 1. The number of nitrogens with zero attached hydrogens (tertiary/aromatic N) is 1. The second-order valence-corrected chi connectivity index (χ2v) is 10.5. The van der Waals surface area contributed by atoms with Gasteiger partial charge in [0.15, 0.2) is 19.0 Å². The van der Waals surface area contributed by atoms with E-state index >= 15 is 0 Å². The Hall–Kier alpha value is -1.83. The molecular formula is C30H47IN2O3. The number of hydrogen-bond acceptors (Lipinski definition) is 3. The van der Waals surface area contributed by atoms with Crippen LogP contribution in [0.2, 0.25) is 0 Å². The lowest BCUT2D eigenvalue weighted by Gasteiger charge is -2.24. The van der Waals surface area contributed by atoms with Crippen LogP contribution in [0.1, 0.15) is 90.2 Å². The van der Waals surface area contributed by atoms with Crippen LogP contribution in [0, 0.1) is 0 Å². The topological polar surface area (TPSA) is 51.4 Å². The zero-order valence-corrected chi connectivity index (χ0v) is 25.2. The van der Waals surface area contributed by atoms with E-state index in [-0.39, 0.29) is 41.9 Å². The van der Waals surface area contributed by atoms with E-state index in [1.807, 2.05) is 42.2 Å². The zero-order valence-electron chi connectivity index (χ0n) is 23.1. The number of ether oxygens (including phenoxy) is 2. The summed E-state index contributed by atoms with van der Waals surface area (Å²) in [6.45, 7) is 10.1. The van der Waals surface area contributed by atoms with Gasteiger partial charge in [0.2, 0.25) is 0 Å². The van der Waals surface area contributed by atoms with Crippen LogP contribution >= 0.6 is 0 Å². The lowest BCUT2D eigenvalue weighted by molar-refractivity contribution is -0.671. The molecule has 0 aliphatic heterocycles. The van der Waals surface area contributed by atoms with Gasteiger partial charge in [0.05, 0.1) is 6.61 Å². The normalized spacial score (nSPS) is 11.0. The molecular weight excluding hydrogens is 563 g/mol. The van der Waals surface area contributed by atoms with Crippen molar-refractivity contribution in [2.45, 2.75) is 90.9 Å². The molecule has 0 saturated carbocycles. The van der Waals surface area contributed by atoms with Crippen molar-refractivity contribution in [3.8, 4) is 11.5 Å². The van der Waals surface area contributed by atoms with E-state index in [1.54, 1.807) is 0 Å². The Kier molecular flexibility index (Phi) is 15.7. The van der Waals surface area contributed by atoms with Gasteiger partial charge in [-0.2, -0.15) is 0 Å². The van der Waals surface area contributed by atoms with Crippen LogP contribution < -0.4 is 43.3 Å². The lowest BCUT2D eigenvalue weighted by atomic mass is 9.86. The van der Waals surface area contributed by atoms with Gasteiger partial charge in [0, 0.05) is 24.2 Å². The summed E-state index contributed by atoms with van der Waals surface area (Å²) in [7, 11) is 1.99. The van der Waals surface area contributed by atoms with Gasteiger partial charge in [-0.1, -0.05) is 72.6 Å². The lowest BCUT2D eigenvalue weighted by Crippen LogP contribution is -3.00. The molecule has 0 spiro atoms. The summed E-state index contributed by atoms with van der Waals surface area (Å²) in [5.41, 5.74) is 2.22. The monoisotopic (exact) mass is 610 g/mol. The molecule has 0 unspecified atom stereocenters. The van der Waals surface area contributed by atoms with Crippen LogP contribution in [0.4, 0.5) is 0 Å². The van der Waals surface area contributed by atoms with E-state index < -0.39 is 0 Å².